The lowest BCUT2D eigenvalue weighted by molar-refractivity contribution is 0.139. The molecule has 0 spiro atoms. The molecule has 0 aliphatic carbocycles. The minimum atomic E-state index is -0.101. The molecule has 0 aliphatic heterocycles. The zero-order valence-corrected chi connectivity index (χ0v) is 21.7. The van der Waals surface area contributed by atoms with E-state index in [1.165, 1.54) is 116 Å². The van der Waals surface area contributed by atoms with E-state index < -0.39 is 0 Å². The van der Waals surface area contributed by atoms with Gasteiger partial charge in [0.05, 0.1) is 12.2 Å². The van der Waals surface area contributed by atoms with E-state index in [1.807, 2.05) is 0 Å². The molecule has 0 saturated carbocycles. The number of hydrogen-bond acceptors (Lipinski definition) is 2. The molecule has 31 heavy (non-hydrogen) atoms. The second-order valence-corrected chi connectivity index (χ2v) is 10.2. The van der Waals surface area contributed by atoms with Crippen molar-refractivity contribution < 1.29 is 10.2 Å². The van der Waals surface area contributed by atoms with Gasteiger partial charge in [-0.2, -0.15) is 0 Å². The molecule has 2 atom stereocenters. The average Bonchev–Trinajstić information content (AvgIpc) is 2.76. The SMILES string of the molecule is CCCCCCCCCCCCC[C@H](O)CCCCC[C@H](O)CCCCCCCCC. The largest absolute Gasteiger partial charge is 0.393 e. The fourth-order valence-electron chi connectivity index (χ4n) is 4.61. The zero-order chi connectivity index (χ0) is 22.8. The third-order valence-electron chi connectivity index (χ3n) is 6.86. The van der Waals surface area contributed by atoms with Crippen LogP contribution in [0.2, 0.25) is 0 Å². The highest BCUT2D eigenvalue weighted by molar-refractivity contribution is 4.60. The molecule has 0 aliphatic rings. The fourth-order valence-corrected chi connectivity index (χ4v) is 4.61. The molecule has 0 bridgehead atoms. The van der Waals surface area contributed by atoms with Gasteiger partial charge in [0, 0.05) is 0 Å². The maximum atomic E-state index is 10.2. The predicted octanol–water partition coefficient (Wildman–Crippen LogP) is 9.50. The van der Waals surface area contributed by atoms with Crippen LogP contribution in [0.3, 0.4) is 0 Å². The first kappa shape index (κ1) is 30.9. The normalized spacial score (nSPS) is 13.5. The molecule has 0 unspecified atom stereocenters. The maximum Gasteiger partial charge on any atom is 0.0540 e. The van der Waals surface area contributed by atoms with Crippen molar-refractivity contribution in [3.05, 3.63) is 0 Å². The molecular formula is C29H60O2. The smallest absolute Gasteiger partial charge is 0.0540 e. The van der Waals surface area contributed by atoms with Crippen LogP contribution in [0.15, 0.2) is 0 Å². The van der Waals surface area contributed by atoms with Gasteiger partial charge in [-0.25, -0.2) is 0 Å². The Morgan fingerprint density at radius 2 is 0.516 bits per heavy atom. The van der Waals surface area contributed by atoms with Gasteiger partial charge in [-0.15, -0.1) is 0 Å². The second kappa shape index (κ2) is 26.2. The molecule has 2 heteroatoms. The second-order valence-electron chi connectivity index (χ2n) is 10.2. The Morgan fingerprint density at radius 1 is 0.323 bits per heavy atom. The van der Waals surface area contributed by atoms with Crippen molar-refractivity contribution >= 4 is 0 Å². The number of aliphatic hydroxyl groups is 2. The van der Waals surface area contributed by atoms with Crippen LogP contribution < -0.4 is 0 Å². The van der Waals surface area contributed by atoms with Crippen molar-refractivity contribution in [1.82, 2.24) is 0 Å². The Labute approximate surface area is 197 Å². The molecule has 0 saturated heterocycles. The summed E-state index contributed by atoms with van der Waals surface area (Å²) in [4.78, 5) is 0. The molecule has 0 heterocycles. The van der Waals surface area contributed by atoms with Crippen molar-refractivity contribution in [3.63, 3.8) is 0 Å². The van der Waals surface area contributed by atoms with Crippen LogP contribution in [0, 0.1) is 0 Å². The third kappa shape index (κ3) is 26.1. The van der Waals surface area contributed by atoms with Crippen LogP contribution in [0.25, 0.3) is 0 Å². The predicted molar refractivity (Wildman–Crippen MR) is 139 cm³/mol. The van der Waals surface area contributed by atoms with E-state index in [4.69, 9.17) is 0 Å². The lowest BCUT2D eigenvalue weighted by Crippen LogP contribution is -2.08. The molecule has 2 N–H and O–H groups in total. The summed E-state index contributed by atoms with van der Waals surface area (Å²) in [5.41, 5.74) is 0. The third-order valence-corrected chi connectivity index (χ3v) is 6.86. The fraction of sp³-hybridized carbons (Fsp3) is 1.00. The quantitative estimate of drug-likeness (QED) is 0.131. The number of unbranched alkanes of at least 4 members (excludes halogenated alkanes) is 18. The molecule has 0 radical (unpaired) electrons. The highest BCUT2D eigenvalue weighted by Crippen LogP contribution is 2.16. The summed E-state index contributed by atoms with van der Waals surface area (Å²) >= 11 is 0. The van der Waals surface area contributed by atoms with Crippen molar-refractivity contribution in [1.29, 1.82) is 0 Å². The molecule has 0 rings (SSSR count). The van der Waals surface area contributed by atoms with Crippen LogP contribution in [0.4, 0.5) is 0 Å². The van der Waals surface area contributed by atoms with E-state index in [1.54, 1.807) is 0 Å². The van der Waals surface area contributed by atoms with Gasteiger partial charge < -0.3 is 10.2 Å². The first-order valence-corrected chi connectivity index (χ1v) is 14.6. The molecule has 188 valence electrons. The van der Waals surface area contributed by atoms with Crippen LogP contribution in [-0.2, 0) is 0 Å². The number of rotatable bonds is 26. The highest BCUT2D eigenvalue weighted by Gasteiger charge is 2.06. The lowest BCUT2D eigenvalue weighted by atomic mass is 10.00. The van der Waals surface area contributed by atoms with Gasteiger partial charge in [0.1, 0.15) is 0 Å². The molecule has 0 aromatic heterocycles. The van der Waals surface area contributed by atoms with Gasteiger partial charge in [0.2, 0.25) is 0 Å². The maximum absolute atomic E-state index is 10.2. The Hall–Kier alpha value is -0.0800. The standard InChI is InChI=1S/C29H60O2/c1-3-5-7-9-11-12-13-14-16-18-21-25-29(31)27-23-19-22-26-28(30)24-20-17-15-10-8-6-4-2/h28-31H,3-27H2,1-2H3/t28-,29+/m1/s1. The molecule has 0 amide bonds. The zero-order valence-electron chi connectivity index (χ0n) is 21.7. The summed E-state index contributed by atoms with van der Waals surface area (Å²) in [6.45, 7) is 4.54. The van der Waals surface area contributed by atoms with Gasteiger partial charge >= 0.3 is 0 Å². The van der Waals surface area contributed by atoms with Gasteiger partial charge in [-0.3, -0.25) is 0 Å². The summed E-state index contributed by atoms with van der Waals surface area (Å²) in [6, 6.07) is 0. The van der Waals surface area contributed by atoms with Gasteiger partial charge in [-0.05, 0) is 25.7 Å². The summed E-state index contributed by atoms with van der Waals surface area (Å²) in [5.74, 6) is 0. The molecule has 0 fully saturated rings. The molecule has 2 nitrogen and oxygen atoms in total. The summed E-state index contributed by atoms with van der Waals surface area (Å²) < 4.78 is 0. The van der Waals surface area contributed by atoms with Crippen LogP contribution in [0.5, 0.6) is 0 Å². The van der Waals surface area contributed by atoms with Crippen LogP contribution >= 0.6 is 0 Å². The van der Waals surface area contributed by atoms with Crippen molar-refractivity contribution in [2.24, 2.45) is 0 Å². The van der Waals surface area contributed by atoms with Gasteiger partial charge in [0.25, 0.3) is 0 Å². The first-order chi connectivity index (χ1) is 15.2. The monoisotopic (exact) mass is 440 g/mol. The summed E-state index contributed by atoms with van der Waals surface area (Å²) in [6.07, 6.45) is 31.3. The minimum Gasteiger partial charge on any atom is -0.393 e. The molecular weight excluding hydrogens is 380 g/mol. The van der Waals surface area contributed by atoms with Gasteiger partial charge in [-0.1, -0.05) is 149 Å². The van der Waals surface area contributed by atoms with E-state index in [2.05, 4.69) is 13.8 Å². The Morgan fingerprint density at radius 3 is 0.774 bits per heavy atom. The Bertz CT molecular complexity index is 318. The molecule has 0 aromatic carbocycles. The van der Waals surface area contributed by atoms with Crippen molar-refractivity contribution in [3.8, 4) is 0 Å². The van der Waals surface area contributed by atoms with E-state index >= 15 is 0 Å². The topological polar surface area (TPSA) is 40.5 Å². The summed E-state index contributed by atoms with van der Waals surface area (Å²) in [7, 11) is 0. The van der Waals surface area contributed by atoms with Crippen LogP contribution in [-0.4, -0.2) is 22.4 Å². The van der Waals surface area contributed by atoms with E-state index in [0.29, 0.717) is 0 Å². The number of hydrogen-bond donors (Lipinski definition) is 2. The van der Waals surface area contributed by atoms with Crippen molar-refractivity contribution in [2.45, 2.75) is 187 Å². The van der Waals surface area contributed by atoms with Crippen LogP contribution in [0.1, 0.15) is 174 Å². The van der Waals surface area contributed by atoms with E-state index in [9.17, 15) is 10.2 Å². The summed E-state index contributed by atoms with van der Waals surface area (Å²) in [5, 5.41) is 20.3. The minimum absolute atomic E-state index is 0.100. The first-order valence-electron chi connectivity index (χ1n) is 14.6. The lowest BCUT2D eigenvalue weighted by Gasteiger charge is -2.12. The Kier molecular flexibility index (Phi) is 26.1. The van der Waals surface area contributed by atoms with Crippen molar-refractivity contribution in [2.75, 3.05) is 0 Å². The Balaban J connectivity index is 3.25. The van der Waals surface area contributed by atoms with Gasteiger partial charge in [0.15, 0.2) is 0 Å². The average molecular weight is 441 g/mol. The highest BCUT2D eigenvalue weighted by atomic mass is 16.3. The number of aliphatic hydroxyl groups excluding tert-OH is 2. The van der Waals surface area contributed by atoms with E-state index in [0.717, 1.165) is 44.9 Å². The van der Waals surface area contributed by atoms with E-state index in [-0.39, 0.29) is 12.2 Å². The molecule has 0 aromatic rings.